The largest absolute Gasteiger partial charge is 0.398 e. The molecule has 18 heavy (non-hydrogen) atoms. The number of pyridine rings is 1. The molecule has 2 rings (SSSR count). The summed E-state index contributed by atoms with van der Waals surface area (Å²) < 4.78 is 0. The second-order valence-electron chi connectivity index (χ2n) is 4.11. The van der Waals surface area contributed by atoms with Crippen molar-refractivity contribution in [2.75, 3.05) is 5.73 Å². The molecule has 5 heteroatoms. The van der Waals surface area contributed by atoms with Crippen LogP contribution in [-0.4, -0.2) is 10.9 Å². The molecule has 0 spiro atoms. The molecule has 4 nitrogen and oxygen atoms in total. The molecule has 1 amide bonds. The van der Waals surface area contributed by atoms with Gasteiger partial charge in [0.2, 0.25) is 0 Å². The van der Waals surface area contributed by atoms with Crippen molar-refractivity contribution in [1.29, 1.82) is 0 Å². The Bertz CT molecular complexity index is 577. The van der Waals surface area contributed by atoms with Crippen LogP contribution in [0.25, 0.3) is 0 Å². The van der Waals surface area contributed by atoms with Crippen LogP contribution in [0.1, 0.15) is 25.8 Å². The fourth-order valence-corrected chi connectivity index (χ4v) is 2.44. The van der Waals surface area contributed by atoms with Crippen LogP contribution in [0.15, 0.2) is 24.4 Å². The maximum atomic E-state index is 11.9. The maximum Gasteiger partial charge on any atom is 0.255 e. The van der Waals surface area contributed by atoms with Crippen molar-refractivity contribution in [3.8, 4) is 0 Å². The number of carbonyl (C=O) groups excluding carboxylic acids is 1. The lowest BCUT2D eigenvalue weighted by molar-refractivity contribution is 0.0952. The first-order valence-electron chi connectivity index (χ1n) is 5.62. The molecule has 0 bridgehead atoms. The van der Waals surface area contributed by atoms with Gasteiger partial charge in [-0.3, -0.25) is 9.78 Å². The predicted molar refractivity (Wildman–Crippen MR) is 73.6 cm³/mol. The molecule has 2 aromatic rings. The number of hydrogen-bond donors (Lipinski definition) is 2. The Morgan fingerprint density at radius 3 is 2.83 bits per heavy atom. The van der Waals surface area contributed by atoms with E-state index in [1.54, 1.807) is 17.4 Å². The van der Waals surface area contributed by atoms with Crippen molar-refractivity contribution in [2.24, 2.45) is 0 Å². The number of rotatable bonds is 3. The highest BCUT2D eigenvalue weighted by Crippen LogP contribution is 2.15. The van der Waals surface area contributed by atoms with Gasteiger partial charge in [0.05, 0.1) is 12.1 Å². The summed E-state index contributed by atoms with van der Waals surface area (Å²) in [6.07, 6.45) is 1.51. The third-order valence-corrected chi connectivity index (χ3v) is 3.54. The van der Waals surface area contributed by atoms with Gasteiger partial charge < -0.3 is 11.1 Å². The molecular formula is C13H15N3OS. The van der Waals surface area contributed by atoms with Crippen LogP contribution in [-0.2, 0) is 6.54 Å². The lowest BCUT2D eigenvalue weighted by Crippen LogP contribution is -2.23. The molecule has 0 aliphatic heterocycles. The van der Waals surface area contributed by atoms with E-state index in [0.717, 1.165) is 10.6 Å². The minimum absolute atomic E-state index is 0.189. The van der Waals surface area contributed by atoms with E-state index in [1.807, 2.05) is 26.0 Å². The molecule has 0 saturated carbocycles. The van der Waals surface area contributed by atoms with Gasteiger partial charge in [0.15, 0.2) is 0 Å². The van der Waals surface area contributed by atoms with E-state index in [-0.39, 0.29) is 5.91 Å². The third kappa shape index (κ3) is 2.87. The lowest BCUT2D eigenvalue weighted by Gasteiger charge is -2.06. The maximum absolute atomic E-state index is 11.9. The smallest absolute Gasteiger partial charge is 0.255 e. The number of anilines is 1. The van der Waals surface area contributed by atoms with Crippen molar-refractivity contribution in [1.82, 2.24) is 10.3 Å². The number of nitrogens with two attached hydrogens (primary N) is 1. The Balaban J connectivity index is 2.03. The number of nitrogens with one attached hydrogen (secondary N) is 1. The number of aryl methyl sites for hydroxylation is 2. The standard InChI is InChI=1S/C13H15N3OS/c1-8-5-12(14)11(7-15-8)13(17)16-6-10-4-3-9(2)18-10/h3-5,7H,6H2,1-2H3,(H2,14,15)(H,16,17). The molecule has 0 aliphatic rings. The number of aromatic nitrogens is 1. The van der Waals surface area contributed by atoms with Crippen LogP contribution in [0.5, 0.6) is 0 Å². The molecule has 94 valence electrons. The van der Waals surface area contributed by atoms with E-state index in [2.05, 4.69) is 10.3 Å². The Hall–Kier alpha value is -1.88. The van der Waals surface area contributed by atoms with Gasteiger partial charge in [0, 0.05) is 27.3 Å². The van der Waals surface area contributed by atoms with Gasteiger partial charge in [-0.15, -0.1) is 11.3 Å². The number of amides is 1. The van der Waals surface area contributed by atoms with Crippen molar-refractivity contribution < 1.29 is 4.79 Å². The molecule has 0 unspecified atom stereocenters. The van der Waals surface area contributed by atoms with Gasteiger partial charge in [-0.05, 0) is 32.0 Å². The second kappa shape index (κ2) is 5.18. The second-order valence-corrected chi connectivity index (χ2v) is 5.48. The summed E-state index contributed by atoms with van der Waals surface area (Å²) in [6, 6.07) is 5.75. The van der Waals surface area contributed by atoms with Crippen molar-refractivity contribution >= 4 is 22.9 Å². The van der Waals surface area contributed by atoms with Gasteiger partial charge in [0.1, 0.15) is 0 Å². The Morgan fingerprint density at radius 1 is 1.44 bits per heavy atom. The highest BCUT2D eigenvalue weighted by molar-refractivity contribution is 7.11. The number of thiophene rings is 1. The molecule has 0 aromatic carbocycles. The van der Waals surface area contributed by atoms with Gasteiger partial charge >= 0.3 is 0 Å². The van der Waals surface area contributed by atoms with Gasteiger partial charge in [-0.2, -0.15) is 0 Å². The van der Waals surface area contributed by atoms with Gasteiger partial charge in [-0.25, -0.2) is 0 Å². The molecule has 2 aromatic heterocycles. The Labute approximate surface area is 110 Å². The minimum atomic E-state index is -0.189. The van der Waals surface area contributed by atoms with E-state index >= 15 is 0 Å². The van der Waals surface area contributed by atoms with E-state index in [1.165, 1.54) is 11.1 Å². The van der Waals surface area contributed by atoms with Crippen molar-refractivity contribution in [3.63, 3.8) is 0 Å². The first-order valence-corrected chi connectivity index (χ1v) is 6.43. The number of nitrogen functional groups attached to an aromatic ring is 1. The molecule has 0 aliphatic carbocycles. The SMILES string of the molecule is Cc1cc(N)c(C(=O)NCc2ccc(C)s2)cn1. The zero-order chi connectivity index (χ0) is 13.1. The van der Waals surface area contributed by atoms with Crippen molar-refractivity contribution in [3.05, 3.63) is 45.4 Å². The topological polar surface area (TPSA) is 68.0 Å². The van der Waals surface area contributed by atoms with E-state index in [4.69, 9.17) is 5.73 Å². The van der Waals surface area contributed by atoms with Gasteiger partial charge in [0.25, 0.3) is 5.91 Å². The van der Waals surface area contributed by atoms with Crippen LogP contribution in [0.3, 0.4) is 0 Å². The highest BCUT2D eigenvalue weighted by atomic mass is 32.1. The monoisotopic (exact) mass is 261 g/mol. The molecule has 0 atom stereocenters. The van der Waals surface area contributed by atoms with Crippen LogP contribution in [0.2, 0.25) is 0 Å². The number of carbonyl (C=O) groups is 1. The first kappa shape index (κ1) is 12.6. The summed E-state index contributed by atoms with van der Waals surface area (Å²) in [5.41, 5.74) is 7.49. The zero-order valence-corrected chi connectivity index (χ0v) is 11.2. The Kier molecular flexibility index (Phi) is 3.62. The molecular weight excluding hydrogens is 246 g/mol. The summed E-state index contributed by atoms with van der Waals surface area (Å²) in [5.74, 6) is -0.189. The lowest BCUT2D eigenvalue weighted by atomic mass is 10.2. The summed E-state index contributed by atoms with van der Waals surface area (Å²) in [6.45, 7) is 4.40. The van der Waals surface area contributed by atoms with E-state index < -0.39 is 0 Å². The zero-order valence-electron chi connectivity index (χ0n) is 10.4. The predicted octanol–water partition coefficient (Wildman–Crippen LogP) is 2.27. The van der Waals surface area contributed by atoms with Gasteiger partial charge in [-0.1, -0.05) is 0 Å². The summed E-state index contributed by atoms with van der Waals surface area (Å²) in [7, 11) is 0. The summed E-state index contributed by atoms with van der Waals surface area (Å²) in [4.78, 5) is 18.4. The molecule has 0 fully saturated rings. The molecule has 0 radical (unpaired) electrons. The van der Waals surface area contributed by atoms with E-state index in [0.29, 0.717) is 17.8 Å². The normalized spacial score (nSPS) is 10.3. The quantitative estimate of drug-likeness (QED) is 0.890. The summed E-state index contributed by atoms with van der Waals surface area (Å²) >= 11 is 1.67. The average molecular weight is 261 g/mol. The van der Waals surface area contributed by atoms with Crippen LogP contribution in [0, 0.1) is 13.8 Å². The van der Waals surface area contributed by atoms with Crippen LogP contribution in [0.4, 0.5) is 5.69 Å². The fourth-order valence-electron chi connectivity index (χ4n) is 1.61. The Morgan fingerprint density at radius 2 is 2.22 bits per heavy atom. The van der Waals surface area contributed by atoms with Crippen LogP contribution >= 0.6 is 11.3 Å². The van der Waals surface area contributed by atoms with Crippen LogP contribution < -0.4 is 11.1 Å². The average Bonchev–Trinajstić information content (AvgIpc) is 2.72. The summed E-state index contributed by atoms with van der Waals surface area (Å²) in [5, 5.41) is 2.84. The fraction of sp³-hybridized carbons (Fsp3) is 0.231. The molecule has 3 N–H and O–H groups in total. The molecule has 2 heterocycles. The van der Waals surface area contributed by atoms with E-state index in [9.17, 15) is 4.79 Å². The van der Waals surface area contributed by atoms with Crippen molar-refractivity contribution in [2.45, 2.75) is 20.4 Å². The minimum Gasteiger partial charge on any atom is -0.398 e. The molecule has 0 saturated heterocycles. The number of nitrogens with zero attached hydrogens (tertiary/aromatic N) is 1. The third-order valence-electron chi connectivity index (χ3n) is 2.54. The first-order chi connectivity index (χ1) is 8.56. The number of hydrogen-bond acceptors (Lipinski definition) is 4. The highest BCUT2D eigenvalue weighted by Gasteiger charge is 2.10.